The molecule has 1 N–H and O–H groups in total. The lowest BCUT2D eigenvalue weighted by Gasteiger charge is -2.29. The topological polar surface area (TPSA) is 12.0 Å². The summed E-state index contributed by atoms with van der Waals surface area (Å²) in [4.78, 5) is 0.485. The Labute approximate surface area is 105 Å². The summed E-state index contributed by atoms with van der Waals surface area (Å²) in [5, 5.41) is 3.79. The Kier molecular flexibility index (Phi) is 5.51. The SMILES string of the molecule is C1CCCCCC2(CCCCC1)NCCS2. The molecular weight excluding hydrogens is 214 g/mol. The van der Waals surface area contributed by atoms with Gasteiger partial charge in [-0.15, -0.1) is 11.8 Å². The Morgan fingerprint density at radius 1 is 0.688 bits per heavy atom. The molecule has 1 nitrogen and oxygen atoms in total. The summed E-state index contributed by atoms with van der Waals surface area (Å²) in [6, 6.07) is 0. The highest BCUT2D eigenvalue weighted by atomic mass is 32.2. The van der Waals surface area contributed by atoms with Gasteiger partial charge in [-0.05, 0) is 12.8 Å². The molecule has 0 aromatic carbocycles. The van der Waals surface area contributed by atoms with Crippen molar-refractivity contribution >= 4 is 11.8 Å². The van der Waals surface area contributed by atoms with Gasteiger partial charge in [-0.1, -0.05) is 57.8 Å². The van der Waals surface area contributed by atoms with Crippen molar-refractivity contribution in [1.29, 1.82) is 0 Å². The molecule has 16 heavy (non-hydrogen) atoms. The molecule has 0 atom stereocenters. The summed E-state index contributed by atoms with van der Waals surface area (Å²) in [6.45, 7) is 1.24. The van der Waals surface area contributed by atoms with Gasteiger partial charge in [0.25, 0.3) is 0 Å². The van der Waals surface area contributed by atoms with Crippen molar-refractivity contribution in [1.82, 2.24) is 5.32 Å². The lowest BCUT2D eigenvalue weighted by Crippen LogP contribution is -2.37. The highest BCUT2D eigenvalue weighted by Crippen LogP contribution is 2.37. The molecule has 2 fully saturated rings. The van der Waals surface area contributed by atoms with Crippen LogP contribution in [0.3, 0.4) is 0 Å². The van der Waals surface area contributed by atoms with Gasteiger partial charge in [0.15, 0.2) is 0 Å². The van der Waals surface area contributed by atoms with Crippen LogP contribution in [-0.4, -0.2) is 17.2 Å². The third kappa shape index (κ3) is 3.96. The number of nitrogens with one attached hydrogen (secondary N) is 1. The van der Waals surface area contributed by atoms with Gasteiger partial charge in [-0.3, -0.25) is 0 Å². The van der Waals surface area contributed by atoms with E-state index in [0.29, 0.717) is 4.87 Å². The van der Waals surface area contributed by atoms with Crippen LogP contribution in [-0.2, 0) is 0 Å². The maximum atomic E-state index is 3.79. The van der Waals surface area contributed by atoms with Crippen molar-refractivity contribution in [2.24, 2.45) is 0 Å². The van der Waals surface area contributed by atoms with Crippen molar-refractivity contribution in [3.63, 3.8) is 0 Å². The van der Waals surface area contributed by atoms with Crippen LogP contribution in [0.1, 0.15) is 70.6 Å². The molecule has 0 aromatic heterocycles. The summed E-state index contributed by atoms with van der Waals surface area (Å²) < 4.78 is 0. The fraction of sp³-hybridized carbons (Fsp3) is 1.00. The third-order valence-electron chi connectivity index (χ3n) is 4.09. The van der Waals surface area contributed by atoms with E-state index in [-0.39, 0.29) is 0 Å². The first-order valence-electron chi connectivity index (χ1n) is 7.30. The molecule has 2 rings (SSSR count). The quantitative estimate of drug-likeness (QED) is 0.677. The highest BCUT2D eigenvalue weighted by Gasteiger charge is 2.32. The van der Waals surface area contributed by atoms with E-state index < -0.39 is 0 Å². The van der Waals surface area contributed by atoms with Crippen LogP contribution in [0.15, 0.2) is 0 Å². The van der Waals surface area contributed by atoms with Gasteiger partial charge in [-0.2, -0.15) is 0 Å². The largest absolute Gasteiger partial charge is 0.302 e. The average molecular weight is 241 g/mol. The van der Waals surface area contributed by atoms with E-state index in [2.05, 4.69) is 17.1 Å². The summed E-state index contributed by atoms with van der Waals surface area (Å²) in [7, 11) is 0. The molecule has 0 aromatic rings. The summed E-state index contributed by atoms with van der Waals surface area (Å²) in [5.41, 5.74) is 0. The summed E-state index contributed by atoms with van der Waals surface area (Å²) in [5.74, 6) is 1.33. The van der Waals surface area contributed by atoms with Gasteiger partial charge in [-0.25, -0.2) is 0 Å². The Bertz CT molecular complexity index is 173. The molecule has 1 aliphatic carbocycles. The van der Waals surface area contributed by atoms with E-state index >= 15 is 0 Å². The number of hydrogen-bond acceptors (Lipinski definition) is 2. The normalized spacial score (nSPS) is 28.5. The summed E-state index contributed by atoms with van der Waals surface area (Å²) >= 11 is 2.21. The number of rotatable bonds is 0. The van der Waals surface area contributed by atoms with Gasteiger partial charge in [0.1, 0.15) is 0 Å². The van der Waals surface area contributed by atoms with Gasteiger partial charge in [0.2, 0.25) is 0 Å². The standard InChI is InChI=1S/C14H27NS/c1-2-4-6-8-10-14(15-12-13-16-14)11-9-7-5-3-1/h15H,1-13H2. The molecule has 1 heterocycles. The monoisotopic (exact) mass is 241 g/mol. The van der Waals surface area contributed by atoms with Crippen molar-refractivity contribution in [2.75, 3.05) is 12.3 Å². The maximum Gasteiger partial charge on any atom is 0.0645 e. The van der Waals surface area contributed by atoms with Gasteiger partial charge in [0.05, 0.1) is 4.87 Å². The van der Waals surface area contributed by atoms with E-state index in [1.54, 1.807) is 0 Å². The van der Waals surface area contributed by atoms with Crippen LogP contribution < -0.4 is 5.32 Å². The third-order valence-corrected chi connectivity index (χ3v) is 5.60. The zero-order chi connectivity index (χ0) is 11.1. The molecule has 2 aliphatic rings. The Hall–Kier alpha value is 0.310. The van der Waals surface area contributed by atoms with Gasteiger partial charge in [0, 0.05) is 12.3 Å². The summed E-state index contributed by atoms with van der Waals surface area (Å²) in [6.07, 6.45) is 16.0. The molecule has 0 amide bonds. The van der Waals surface area contributed by atoms with Crippen molar-refractivity contribution in [3.8, 4) is 0 Å². The molecule has 2 heteroatoms. The first-order valence-corrected chi connectivity index (χ1v) is 8.29. The first kappa shape index (κ1) is 12.8. The molecule has 0 radical (unpaired) electrons. The van der Waals surface area contributed by atoms with E-state index in [4.69, 9.17) is 0 Å². The lowest BCUT2D eigenvalue weighted by molar-refractivity contribution is 0.390. The molecule has 0 bridgehead atoms. The molecule has 1 saturated carbocycles. The van der Waals surface area contributed by atoms with Crippen LogP contribution in [0.25, 0.3) is 0 Å². The van der Waals surface area contributed by atoms with Crippen LogP contribution in [0.4, 0.5) is 0 Å². The van der Waals surface area contributed by atoms with Crippen molar-refractivity contribution < 1.29 is 0 Å². The molecule has 1 saturated heterocycles. The lowest BCUT2D eigenvalue weighted by atomic mass is 9.97. The van der Waals surface area contributed by atoms with Crippen molar-refractivity contribution in [2.45, 2.75) is 75.5 Å². The maximum absolute atomic E-state index is 3.79. The van der Waals surface area contributed by atoms with E-state index in [9.17, 15) is 0 Å². The van der Waals surface area contributed by atoms with E-state index in [1.807, 2.05) is 0 Å². The Morgan fingerprint density at radius 3 is 1.62 bits per heavy atom. The fourth-order valence-corrected chi connectivity index (χ4v) is 4.46. The predicted molar refractivity (Wildman–Crippen MR) is 74.0 cm³/mol. The van der Waals surface area contributed by atoms with Crippen LogP contribution in [0.5, 0.6) is 0 Å². The van der Waals surface area contributed by atoms with Crippen LogP contribution in [0, 0.1) is 0 Å². The van der Waals surface area contributed by atoms with Gasteiger partial charge >= 0.3 is 0 Å². The zero-order valence-electron chi connectivity index (χ0n) is 10.6. The minimum absolute atomic E-state index is 0.485. The molecule has 0 unspecified atom stereocenters. The second kappa shape index (κ2) is 6.90. The second-order valence-corrected chi connectivity index (χ2v) is 6.93. The minimum Gasteiger partial charge on any atom is -0.302 e. The van der Waals surface area contributed by atoms with Crippen molar-refractivity contribution in [3.05, 3.63) is 0 Å². The Morgan fingerprint density at radius 2 is 1.19 bits per heavy atom. The predicted octanol–water partition coefficient (Wildman–Crippen LogP) is 4.32. The number of thioether (sulfide) groups is 1. The van der Waals surface area contributed by atoms with Crippen LogP contribution >= 0.6 is 11.8 Å². The number of hydrogen-bond donors (Lipinski definition) is 1. The van der Waals surface area contributed by atoms with Gasteiger partial charge < -0.3 is 5.32 Å². The zero-order valence-corrected chi connectivity index (χ0v) is 11.4. The first-order chi connectivity index (χ1) is 7.91. The van der Waals surface area contributed by atoms with E-state index in [1.165, 1.54) is 82.9 Å². The molecule has 94 valence electrons. The molecule has 1 spiro atoms. The molecule has 1 aliphatic heterocycles. The van der Waals surface area contributed by atoms with Crippen LogP contribution in [0.2, 0.25) is 0 Å². The smallest absolute Gasteiger partial charge is 0.0645 e. The average Bonchev–Trinajstić information content (AvgIpc) is 2.73. The Balaban J connectivity index is 1.80. The van der Waals surface area contributed by atoms with E-state index in [0.717, 1.165) is 0 Å². The second-order valence-electron chi connectivity index (χ2n) is 5.45. The molecular formula is C14H27NS. The highest BCUT2D eigenvalue weighted by molar-refractivity contribution is 8.00. The minimum atomic E-state index is 0.485. The fourth-order valence-electron chi connectivity index (χ4n) is 3.08.